The molecule has 0 spiro atoms. The molecule has 1 aliphatic heterocycles. The minimum absolute atomic E-state index is 0.0173. The predicted molar refractivity (Wildman–Crippen MR) is 80.2 cm³/mol. The van der Waals surface area contributed by atoms with Gasteiger partial charge in [-0.05, 0) is 34.2 Å². The maximum atomic E-state index is 11.9. The maximum absolute atomic E-state index is 11.9. The highest BCUT2D eigenvalue weighted by Crippen LogP contribution is 2.15. The van der Waals surface area contributed by atoms with Gasteiger partial charge in [-0.2, -0.15) is 0 Å². The summed E-state index contributed by atoms with van der Waals surface area (Å²) >= 11 is 0. The molecule has 0 bridgehead atoms. The van der Waals surface area contributed by atoms with E-state index in [-0.39, 0.29) is 11.4 Å². The van der Waals surface area contributed by atoms with Crippen molar-refractivity contribution in [3.8, 4) is 0 Å². The van der Waals surface area contributed by atoms with Gasteiger partial charge in [0.05, 0.1) is 0 Å². The summed E-state index contributed by atoms with van der Waals surface area (Å²) in [6.45, 7) is 13.4. The standard InChI is InChI=1S/C15H29N3O/c1-6-7-13(2)14(19)16-12-15(3,4)18-10-8-17(5)9-11-18/h7H,6,8-12H2,1-5H3,(H,16,19)/b13-7+. The summed E-state index contributed by atoms with van der Waals surface area (Å²) in [4.78, 5) is 16.7. The molecule has 4 nitrogen and oxygen atoms in total. The Morgan fingerprint density at radius 1 is 1.26 bits per heavy atom. The van der Waals surface area contributed by atoms with Crippen LogP contribution in [0.15, 0.2) is 11.6 Å². The highest BCUT2D eigenvalue weighted by molar-refractivity contribution is 5.92. The summed E-state index contributed by atoms with van der Waals surface area (Å²) in [6.07, 6.45) is 2.87. The lowest BCUT2D eigenvalue weighted by Gasteiger charge is -2.43. The topological polar surface area (TPSA) is 35.6 Å². The number of hydrogen-bond donors (Lipinski definition) is 1. The molecule has 1 rings (SSSR count). The highest BCUT2D eigenvalue weighted by atomic mass is 16.1. The molecule has 0 aromatic heterocycles. The molecular weight excluding hydrogens is 238 g/mol. The van der Waals surface area contributed by atoms with Crippen LogP contribution >= 0.6 is 0 Å². The van der Waals surface area contributed by atoms with Gasteiger partial charge in [0.2, 0.25) is 5.91 Å². The zero-order valence-corrected chi connectivity index (χ0v) is 13.1. The van der Waals surface area contributed by atoms with Crippen LogP contribution in [0.1, 0.15) is 34.1 Å². The van der Waals surface area contributed by atoms with Crippen molar-refractivity contribution in [3.05, 3.63) is 11.6 Å². The van der Waals surface area contributed by atoms with Crippen molar-refractivity contribution in [2.45, 2.75) is 39.7 Å². The molecule has 0 aliphatic carbocycles. The van der Waals surface area contributed by atoms with Crippen LogP contribution in [-0.2, 0) is 4.79 Å². The molecule has 1 saturated heterocycles. The van der Waals surface area contributed by atoms with Crippen molar-refractivity contribution in [2.75, 3.05) is 39.8 Å². The van der Waals surface area contributed by atoms with Crippen molar-refractivity contribution in [2.24, 2.45) is 0 Å². The number of likely N-dealkylation sites (N-methyl/N-ethyl adjacent to an activating group) is 1. The fourth-order valence-electron chi connectivity index (χ4n) is 2.36. The van der Waals surface area contributed by atoms with E-state index in [9.17, 15) is 4.79 Å². The second-order valence-electron chi connectivity index (χ2n) is 6.08. The molecule has 0 aromatic carbocycles. The number of amides is 1. The van der Waals surface area contributed by atoms with Gasteiger partial charge in [-0.3, -0.25) is 9.69 Å². The summed E-state index contributed by atoms with van der Waals surface area (Å²) in [7, 11) is 2.16. The van der Waals surface area contributed by atoms with Crippen molar-refractivity contribution in [1.29, 1.82) is 0 Å². The Morgan fingerprint density at radius 3 is 2.37 bits per heavy atom. The summed E-state index contributed by atoms with van der Waals surface area (Å²) in [5.74, 6) is 0.0593. The number of allylic oxidation sites excluding steroid dienone is 1. The van der Waals surface area contributed by atoms with E-state index < -0.39 is 0 Å². The number of piperazine rings is 1. The number of nitrogens with one attached hydrogen (secondary N) is 1. The normalized spacial score (nSPS) is 19.5. The quantitative estimate of drug-likeness (QED) is 0.767. The SMILES string of the molecule is CC/C=C(\C)C(=O)NCC(C)(C)N1CCN(C)CC1. The summed E-state index contributed by atoms with van der Waals surface area (Å²) in [6, 6.07) is 0. The van der Waals surface area contributed by atoms with Crippen molar-refractivity contribution in [1.82, 2.24) is 15.1 Å². The van der Waals surface area contributed by atoms with Crippen LogP contribution in [0.5, 0.6) is 0 Å². The number of carbonyl (C=O) groups is 1. The Hall–Kier alpha value is -0.870. The molecule has 1 amide bonds. The molecule has 1 N–H and O–H groups in total. The number of hydrogen-bond acceptors (Lipinski definition) is 3. The Bertz CT molecular complexity index is 328. The molecule has 4 heteroatoms. The summed E-state index contributed by atoms with van der Waals surface area (Å²) < 4.78 is 0. The lowest BCUT2D eigenvalue weighted by molar-refractivity contribution is -0.118. The Balaban J connectivity index is 2.46. The van der Waals surface area contributed by atoms with Gasteiger partial charge in [0, 0.05) is 43.8 Å². The molecule has 1 aliphatic rings. The van der Waals surface area contributed by atoms with Gasteiger partial charge in [-0.1, -0.05) is 13.0 Å². The van der Waals surface area contributed by atoms with E-state index in [1.165, 1.54) is 0 Å². The summed E-state index contributed by atoms with van der Waals surface area (Å²) in [5, 5.41) is 3.05. The van der Waals surface area contributed by atoms with Crippen LogP contribution < -0.4 is 5.32 Å². The van der Waals surface area contributed by atoms with E-state index in [2.05, 4.69) is 36.0 Å². The zero-order valence-electron chi connectivity index (χ0n) is 13.1. The van der Waals surface area contributed by atoms with Crippen LogP contribution in [0, 0.1) is 0 Å². The second-order valence-corrected chi connectivity index (χ2v) is 6.08. The van der Waals surface area contributed by atoms with Crippen molar-refractivity contribution >= 4 is 5.91 Å². The Kier molecular flexibility index (Phi) is 6.01. The largest absolute Gasteiger partial charge is 0.350 e. The average molecular weight is 267 g/mol. The van der Waals surface area contributed by atoms with E-state index in [4.69, 9.17) is 0 Å². The van der Waals surface area contributed by atoms with Gasteiger partial charge in [0.25, 0.3) is 0 Å². The van der Waals surface area contributed by atoms with Gasteiger partial charge in [0.15, 0.2) is 0 Å². The van der Waals surface area contributed by atoms with Gasteiger partial charge in [0.1, 0.15) is 0 Å². The first kappa shape index (κ1) is 16.2. The lowest BCUT2D eigenvalue weighted by Crippen LogP contribution is -2.57. The Labute approximate surface area is 117 Å². The first-order chi connectivity index (χ1) is 8.86. The minimum atomic E-state index is 0.0173. The van der Waals surface area contributed by atoms with E-state index >= 15 is 0 Å². The lowest BCUT2D eigenvalue weighted by atomic mass is 10.0. The first-order valence-electron chi connectivity index (χ1n) is 7.25. The van der Waals surface area contributed by atoms with Crippen molar-refractivity contribution < 1.29 is 4.79 Å². The molecule has 110 valence electrons. The highest BCUT2D eigenvalue weighted by Gasteiger charge is 2.29. The van der Waals surface area contributed by atoms with E-state index in [0.29, 0.717) is 6.54 Å². The average Bonchev–Trinajstić information content (AvgIpc) is 2.37. The number of nitrogens with zero attached hydrogens (tertiary/aromatic N) is 2. The van der Waals surface area contributed by atoms with Crippen LogP contribution in [0.25, 0.3) is 0 Å². The zero-order chi connectivity index (χ0) is 14.5. The van der Waals surface area contributed by atoms with E-state index in [1.54, 1.807) is 0 Å². The molecule has 0 atom stereocenters. The molecule has 1 heterocycles. The first-order valence-corrected chi connectivity index (χ1v) is 7.25. The molecule has 0 unspecified atom stereocenters. The Morgan fingerprint density at radius 2 is 1.84 bits per heavy atom. The molecule has 1 fully saturated rings. The fraction of sp³-hybridized carbons (Fsp3) is 0.800. The molecule has 0 saturated carbocycles. The fourth-order valence-corrected chi connectivity index (χ4v) is 2.36. The molecule has 0 radical (unpaired) electrons. The second kappa shape index (κ2) is 7.06. The number of rotatable bonds is 5. The third-order valence-electron chi connectivity index (χ3n) is 3.91. The smallest absolute Gasteiger partial charge is 0.246 e. The molecule has 19 heavy (non-hydrogen) atoms. The maximum Gasteiger partial charge on any atom is 0.246 e. The number of carbonyl (C=O) groups excluding carboxylic acids is 1. The van der Waals surface area contributed by atoms with Crippen LogP contribution in [-0.4, -0.2) is 61.0 Å². The predicted octanol–water partition coefficient (Wildman–Crippen LogP) is 1.48. The van der Waals surface area contributed by atoms with Crippen molar-refractivity contribution in [3.63, 3.8) is 0 Å². The van der Waals surface area contributed by atoms with Crippen LogP contribution in [0.2, 0.25) is 0 Å². The molecule has 0 aromatic rings. The van der Waals surface area contributed by atoms with E-state index in [0.717, 1.165) is 38.2 Å². The molecular formula is C15H29N3O. The van der Waals surface area contributed by atoms with Crippen LogP contribution in [0.3, 0.4) is 0 Å². The third kappa shape index (κ3) is 4.96. The van der Waals surface area contributed by atoms with E-state index in [1.807, 2.05) is 19.9 Å². The third-order valence-corrected chi connectivity index (χ3v) is 3.91. The monoisotopic (exact) mass is 267 g/mol. The van der Waals surface area contributed by atoms with Crippen LogP contribution in [0.4, 0.5) is 0 Å². The van der Waals surface area contributed by atoms with Gasteiger partial charge in [-0.15, -0.1) is 0 Å². The minimum Gasteiger partial charge on any atom is -0.350 e. The van der Waals surface area contributed by atoms with Gasteiger partial charge in [-0.25, -0.2) is 0 Å². The van der Waals surface area contributed by atoms with Gasteiger partial charge >= 0.3 is 0 Å². The summed E-state index contributed by atoms with van der Waals surface area (Å²) in [5.41, 5.74) is 0.834. The van der Waals surface area contributed by atoms with Gasteiger partial charge < -0.3 is 10.2 Å².